The molecule has 8 heteroatoms. The zero-order valence-electron chi connectivity index (χ0n) is 14.0. The summed E-state index contributed by atoms with van der Waals surface area (Å²) in [6.07, 6.45) is 4.53. The lowest BCUT2D eigenvalue weighted by molar-refractivity contribution is 0.0697. The normalized spacial score (nSPS) is 13.2. The highest BCUT2D eigenvalue weighted by Gasteiger charge is 2.23. The molecule has 134 valence electrons. The van der Waals surface area contributed by atoms with E-state index in [0.717, 1.165) is 52.2 Å². The van der Waals surface area contributed by atoms with Crippen molar-refractivity contribution in [2.45, 2.75) is 19.3 Å². The molecule has 0 saturated carbocycles. The first-order valence-electron chi connectivity index (χ1n) is 8.46. The molecule has 0 amide bonds. The fourth-order valence-corrected chi connectivity index (χ4v) is 4.44. The van der Waals surface area contributed by atoms with E-state index in [2.05, 4.69) is 4.98 Å². The molecule has 0 bridgehead atoms. The first kappa shape index (κ1) is 16.4. The Morgan fingerprint density at radius 1 is 1.19 bits per heavy atom. The third-order valence-corrected chi connectivity index (χ3v) is 5.95. The summed E-state index contributed by atoms with van der Waals surface area (Å²) < 4.78 is 2.56. The van der Waals surface area contributed by atoms with Gasteiger partial charge in [0.25, 0.3) is 0 Å². The van der Waals surface area contributed by atoms with Gasteiger partial charge >= 0.3 is 5.97 Å². The first-order chi connectivity index (χ1) is 13.1. The van der Waals surface area contributed by atoms with Crippen LogP contribution >= 0.6 is 22.9 Å². The molecule has 3 heterocycles. The number of aromatic carboxylic acids is 1. The van der Waals surface area contributed by atoms with Crippen LogP contribution in [0.5, 0.6) is 0 Å². The second-order valence-corrected chi connectivity index (χ2v) is 8.09. The first-order valence-corrected chi connectivity index (χ1v) is 9.66. The van der Waals surface area contributed by atoms with Crippen molar-refractivity contribution in [3.05, 3.63) is 57.8 Å². The number of fused-ring (bicyclic) bond motifs is 2. The number of halogens is 1. The molecule has 0 radical (unpaired) electrons. The van der Waals surface area contributed by atoms with Gasteiger partial charge < -0.3 is 5.11 Å². The van der Waals surface area contributed by atoms with Crippen molar-refractivity contribution < 1.29 is 9.90 Å². The summed E-state index contributed by atoms with van der Waals surface area (Å²) in [6, 6.07) is 8.67. The van der Waals surface area contributed by atoms with E-state index < -0.39 is 5.97 Å². The predicted molar refractivity (Wildman–Crippen MR) is 104 cm³/mol. The van der Waals surface area contributed by atoms with E-state index in [1.54, 1.807) is 24.5 Å². The van der Waals surface area contributed by atoms with Crippen LogP contribution in [0, 0.1) is 0 Å². The van der Waals surface area contributed by atoms with Gasteiger partial charge in [-0.15, -0.1) is 11.3 Å². The van der Waals surface area contributed by atoms with Crippen LogP contribution in [0.2, 0.25) is 4.34 Å². The second kappa shape index (κ2) is 6.14. The lowest BCUT2D eigenvalue weighted by atomic mass is 10.2. The van der Waals surface area contributed by atoms with Crippen molar-refractivity contribution in [3.63, 3.8) is 0 Å². The number of aromatic nitrogens is 4. The van der Waals surface area contributed by atoms with E-state index in [1.165, 1.54) is 11.3 Å². The molecule has 0 aliphatic heterocycles. The van der Waals surface area contributed by atoms with Crippen molar-refractivity contribution in [2.24, 2.45) is 0 Å². The summed E-state index contributed by atoms with van der Waals surface area (Å²) in [7, 11) is 0. The van der Waals surface area contributed by atoms with E-state index in [1.807, 2.05) is 16.7 Å². The summed E-state index contributed by atoms with van der Waals surface area (Å²) in [5.41, 5.74) is 3.81. The van der Waals surface area contributed by atoms with Gasteiger partial charge in [0.2, 0.25) is 0 Å². The maximum absolute atomic E-state index is 11.4. The number of hydrogen-bond donors (Lipinski definition) is 1. The van der Waals surface area contributed by atoms with Gasteiger partial charge in [0.1, 0.15) is 12.1 Å². The maximum atomic E-state index is 11.4. The van der Waals surface area contributed by atoms with Crippen molar-refractivity contribution in [3.8, 4) is 16.5 Å². The minimum Gasteiger partial charge on any atom is -0.478 e. The standard InChI is InChI=1S/C19H13ClN4O2S/c20-16-7-6-15(27-16)17-22-12-3-1-2-11(12)18(23-17)24-9-21-13-5-4-10(19(25)26)8-14(13)24/h4-9H,1-3H2,(H,25,26). The van der Waals surface area contributed by atoms with Gasteiger partial charge in [-0.2, -0.15) is 0 Å². The molecule has 5 rings (SSSR count). The predicted octanol–water partition coefficient (Wildman–Crippen LogP) is 4.38. The van der Waals surface area contributed by atoms with Gasteiger partial charge in [0, 0.05) is 11.3 Å². The van der Waals surface area contributed by atoms with Crippen LogP contribution in [0.3, 0.4) is 0 Å². The summed E-state index contributed by atoms with van der Waals surface area (Å²) in [5, 5.41) is 9.33. The lowest BCUT2D eigenvalue weighted by Gasteiger charge is -2.11. The van der Waals surface area contributed by atoms with Crippen molar-refractivity contribution in [1.29, 1.82) is 0 Å². The maximum Gasteiger partial charge on any atom is 0.335 e. The molecule has 27 heavy (non-hydrogen) atoms. The van der Waals surface area contributed by atoms with E-state index in [4.69, 9.17) is 21.6 Å². The molecule has 1 aliphatic carbocycles. The number of carboxylic acids is 1. The molecule has 0 saturated heterocycles. The van der Waals surface area contributed by atoms with Crippen LogP contribution in [0.15, 0.2) is 36.7 Å². The minimum atomic E-state index is -0.966. The second-order valence-electron chi connectivity index (χ2n) is 6.38. The molecular weight excluding hydrogens is 384 g/mol. The third-order valence-electron chi connectivity index (χ3n) is 4.73. The van der Waals surface area contributed by atoms with Gasteiger partial charge in [-0.05, 0) is 49.6 Å². The number of aryl methyl sites for hydroxylation is 1. The molecule has 1 aromatic carbocycles. The van der Waals surface area contributed by atoms with Crippen molar-refractivity contribution in [1.82, 2.24) is 19.5 Å². The molecule has 0 fully saturated rings. The number of thiophene rings is 1. The van der Waals surface area contributed by atoms with Gasteiger partial charge in [0.15, 0.2) is 5.82 Å². The Balaban J connectivity index is 1.75. The molecule has 0 atom stereocenters. The summed E-state index contributed by atoms with van der Waals surface area (Å²) >= 11 is 7.52. The highest BCUT2D eigenvalue weighted by atomic mass is 35.5. The summed E-state index contributed by atoms with van der Waals surface area (Å²) in [5.74, 6) is 0.437. The van der Waals surface area contributed by atoms with Crippen LogP contribution in [-0.2, 0) is 12.8 Å². The zero-order valence-corrected chi connectivity index (χ0v) is 15.6. The summed E-state index contributed by atoms with van der Waals surface area (Å²) in [4.78, 5) is 26.3. The molecular formula is C19H13ClN4O2S. The van der Waals surface area contributed by atoms with E-state index in [9.17, 15) is 9.90 Å². The lowest BCUT2D eigenvalue weighted by Crippen LogP contribution is -2.06. The topological polar surface area (TPSA) is 80.9 Å². The van der Waals surface area contributed by atoms with Crippen LogP contribution < -0.4 is 0 Å². The molecule has 6 nitrogen and oxygen atoms in total. The van der Waals surface area contributed by atoms with Crippen LogP contribution in [0.25, 0.3) is 27.6 Å². The smallest absolute Gasteiger partial charge is 0.335 e. The number of rotatable bonds is 3. The van der Waals surface area contributed by atoms with Crippen molar-refractivity contribution in [2.75, 3.05) is 0 Å². The summed E-state index contributed by atoms with van der Waals surface area (Å²) in [6.45, 7) is 0. The third kappa shape index (κ3) is 2.70. The van der Waals surface area contributed by atoms with Crippen LogP contribution in [-0.4, -0.2) is 30.6 Å². The molecule has 4 aromatic rings. The van der Waals surface area contributed by atoms with Gasteiger partial charge in [0.05, 0.1) is 25.8 Å². The Morgan fingerprint density at radius 2 is 2.07 bits per heavy atom. The number of carbonyl (C=O) groups is 1. The number of hydrogen-bond acceptors (Lipinski definition) is 5. The highest BCUT2D eigenvalue weighted by molar-refractivity contribution is 7.19. The zero-order chi connectivity index (χ0) is 18.5. The van der Waals surface area contributed by atoms with Crippen LogP contribution in [0.4, 0.5) is 0 Å². The molecule has 0 spiro atoms. The molecule has 1 aliphatic rings. The number of nitrogens with zero attached hydrogens (tertiary/aromatic N) is 4. The molecule has 0 unspecified atom stereocenters. The Hall–Kier alpha value is -2.77. The Kier molecular flexibility index (Phi) is 3.73. The van der Waals surface area contributed by atoms with Crippen molar-refractivity contribution >= 4 is 39.9 Å². The SMILES string of the molecule is O=C(O)c1ccc2ncn(-c3nc(-c4ccc(Cl)s4)nc4c3CCC4)c2c1. The van der Waals surface area contributed by atoms with E-state index >= 15 is 0 Å². The fraction of sp³-hybridized carbons (Fsp3) is 0.158. The molecule has 3 aromatic heterocycles. The van der Waals surface area contributed by atoms with Gasteiger partial charge in [-0.3, -0.25) is 4.57 Å². The van der Waals surface area contributed by atoms with Crippen LogP contribution in [0.1, 0.15) is 28.0 Å². The van der Waals surface area contributed by atoms with E-state index in [0.29, 0.717) is 10.2 Å². The Morgan fingerprint density at radius 3 is 2.85 bits per heavy atom. The Labute approximate surface area is 163 Å². The van der Waals surface area contributed by atoms with Gasteiger partial charge in [-0.25, -0.2) is 19.7 Å². The number of benzene rings is 1. The highest BCUT2D eigenvalue weighted by Crippen LogP contribution is 2.33. The fourth-order valence-electron chi connectivity index (χ4n) is 3.47. The molecule has 1 N–H and O–H groups in total. The largest absolute Gasteiger partial charge is 0.478 e. The minimum absolute atomic E-state index is 0.222. The Bertz CT molecular complexity index is 1210. The monoisotopic (exact) mass is 396 g/mol. The van der Waals surface area contributed by atoms with Gasteiger partial charge in [-0.1, -0.05) is 11.6 Å². The average Bonchev–Trinajstić information content (AvgIpc) is 3.39. The number of carboxylic acid groups (broad SMARTS) is 1. The van der Waals surface area contributed by atoms with E-state index in [-0.39, 0.29) is 5.56 Å². The quantitative estimate of drug-likeness (QED) is 0.555. The average molecular weight is 397 g/mol. The number of imidazole rings is 1.